The monoisotopic (exact) mass is 489 g/mol. The highest BCUT2D eigenvalue weighted by molar-refractivity contribution is 7.98. The average molecular weight is 490 g/mol. The van der Waals surface area contributed by atoms with E-state index in [0.29, 0.717) is 35.8 Å². The number of methoxy groups -OCH3 is 1. The second-order valence-electron chi connectivity index (χ2n) is 7.82. The number of hydrogen-bond acceptors (Lipinski definition) is 7. The van der Waals surface area contributed by atoms with E-state index in [1.165, 1.54) is 7.11 Å². The molecule has 0 fully saturated rings. The third-order valence-corrected chi connectivity index (χ3v) is 6.30. The minimum absolute atomic E-state index is 0.00963. The predicted molar refractivity (Wildman–Crippen MR) is 138 cm³/mol. The third-order valence-electron chi connectivity index (χ3n) is 5.56. The fourth-order valence-corrected chi connectivity index (χ4v) is 4.09. The first-order valence-corrected chi connectivity index (χ1v) is 12.3. The number of imidazole rings is 1. The normalized spacial score (nSPS) is 10.8. The van der Waals surface area contributed by atoms with Crippen LogP contribution in [0.4, 0.5) is 5.82 Å². The summed E-state index contributed by atoms with van der Waals surface area (Å²) < 4.78 is 6.59. The number of carbonyl (C=O) groups is 2. The van der Waals surface area contributed by atoms with Gasteiger partial charge >= 0.3 is 5.97 Å². The molecule has 2 aromatic heterocycles. The molecule has 35 heavy (non-hydrogen) atoms. The summed E-state index contributed by atoms with van der Waals surface area (Å²) in [5, 5.41) is 6.08. The van der Waals surface area contributed by atoms with Gasteiger partial charge in [-0.3, -0.25) is 14.0 Å². The molecule has 0 spiro atoms. The molecule has 0 unspecified atom stereocenters. The minimum Gasteiger partial charge on any atom is -0.468 e. The van der Waals surface area contributed by atoms with E-state index in [1.807, 2.05) is 59.2 Å². The number of hydrogen-bond donors (Lipinski definition) is 3. The maximum Gasteiger partial charge on any atom is 0.325 e. The van der Waals surface area contributed by atoms with Gasteiger partial charge in [0.05, 0.1) is 7.11 Å². The van der Waals surface area contributed by atoms with Crippen LogP contribution in [-0.4, -0.2) is 41.2 Å². The van der Waals surface area contributed by atoms with Crippen LogP contribution in [0.3, 0.4) is 0 Å². The zero-order valence-corrected chi connectivity index (χ0v) is 20.4. The van der Waals surface area contributed by atoms with E-state index >= 15 is 0 Å². The van der Waals surface area contributed by atoms with Gasteiger partial charge in [-0.25, -0.2) is 4.98 Å². The molecule has 0 aliphatic carbocycles. The molecular formula is C26H27N5O3S. The Labute approximate surface area is 207 Å². The zero-order valence-electron chi connectivity index (χ0n) is 19.6. The number of ether oxygens (including phenoxy) is 1. The van der Waals surface area contributed by atoms with Crippen LogP contribution in [0.1, 0.15) is 21.5 Å². The first-order chi connectivity index (χ1) is 17.0. The smallest absolute Gasteiger partial charge is 0.325 e. The number of aromatic nitrogens is 2. The Kier molecular flexibility index (Phi) is 7.69. The average Bonchev–Trinajstić information content (AvgIpc) is 3.28. The van der Waals surface area contributed by atoms with E-state index in [-0.39, 0.29) is 12.5 Å². The summed E-state index contributed by atoms with van der Waals surface area (Å²) in [6.07, 6.45) is 3.79. The van der Waals surface area contributed by atoms with Crippen LogP contribution in [0, 0.1) is 0 Å². The van der Waals surface area contributed by atoms with Crippen molar-refractivity contribution < 1.29 is 14.3 Å². The maximum atomic E-state index is 12.9. The van der Waals surface area contributed by atoms with Crippen LogP contribution < -0.4 is 16.4 Å². The fourth-order valence-electron chi connectivity index (χ4n) is 3.68. The van der Waals surface area contributed by atoms with Crippen LogP contribution in [0.25, 0.3) is 16.9 Å². The van der Waals surface area contributed by atoms with E-state index in [1.54, 1.807) is 30.1 Å². The van der Waals surface area contributed by atoms with Gasteiger partial charge in [0.2, 0.25) is 0 Å². The molecule has 0 saturated heterocycles. The molecule has 0 aliphatic heterocycles. The van der Waals surface area contributed by atoms with Gasteiger partial charge in [0, 0.05) is 35.3 Å². The number of benzene rings is 2. The molecule has 4 N–H and O–H groups in total. The molecule has 4 rings (SSSR count). The number of nitrogens with one attached hydrogen (secondary N) is 2. The molecule has 1 amide bonds. The van der Waals surface area contributed by atoms with E-state index in [0.717, 1.165) is 21.6 Å². The Morgan fingerprint density at radius 2 is 1.86 bits per heavy atom. The number of rotatable bonds is 9. The molecule has 0 saturated carbocycles. The third kappa shape index (κ3) is 5.64. The number of nitrogens with zero attached hydrogens (tertiary/aromatic N) is 2. The fraction of sp³-hybridized carbons (Fsp3) is 0.192. The van der Waals surface area contributed by atoms with Crippen molar-refractivity contribution in [1.82, 2.24) is 14.7 Å². The number of anilines is 1. The van der Waals surface area contributed by atoms with Crippen molar-refractivity contribution in [2.24, 2.45) is 5.73 Å². The van der Waals surface area contributed by atoms with Gasteiger partial charge in [-0.2, -0.15) is 0 Å². The quantitative estimate of drug-likeness (QED) is 0.243. The lowest BCUT2D eigenvalue weighted by molar-refractivity contribution is -0.138. The summed E-state index contributed by atoms with van der Waals surface area (Å²) in [5.74, 6) is 0.0507. The number of fused-ring (bicyclic) bond motifs is 1. The summed E-state index contributed by atoms with van der Waals surface area (Å²) >= 11 is 1.66. The first-order valence-electron chi connectivity index (χ1n) is 11.1. The summed E-state index contributed by atoms with van der Waals surface area (Å²) in [6.45, 7) is 0.836. The van der Waals surface area contributed by atoms with Crippen molar-refractivity contribution in [2.45, 2.75) is 18.0 Å². The Morgan fingerprint density at radius 3 is 2.57 bits per heavy atom. The molecule has 8 nitrogen and oxygen atoms in total. The van der Waals surface area contributed by atoms with E-state index in [2.05, 4.69) is 10.6 Å². The lowest BCUT2D eigenvalue weighted by Crippen LogP contribution is -2.23. The minimum atomic E-state index is -0.390. The first kappa shape index (κ1) is 24.3. The van der Waals surface area contributed by atoms with Crippen molar-refractivity contribution in [3.05, 3.63) is 83.6 Å². The van der Waals surface area contributed by atoms with Gasteiger partial charge in [-0.15, -0.1) is 11.8 Å². The van der Waals surface area contributed by atoms with Crippen LogP contribution >= 0.6 is 11.8 Å². The van der Waals surface area contributed by atoms with E-state index in [4.69, 9.17) is 15.5 Å². The van der Waals surface area contributed by atoms with Crippen LogP contribution in [-0.2, 0) is 22.6 Å². The number of pyridine rings is 1. The summed E-state index contributed by atoms with van der Waals surface area (Å²) in [7, 11) is 1.34. The molecule has 2 aromatic carbocycles. The molecule has 0 aliphatic rings. The molecule has 2 heterocycles. The molecular weight excluding hydrogens is 462 g/mol. The predicted octanol–water partition coefficient (Wildman–Crippen LogP) is 3.70. The van der Waals surface area contributed by atoms with Crippen molar-refractivity contribution in [3.63, 3.8) is 0 Å². The number of nitrogens with two attached hydrogens (primary N) is 1. The SMILES string of the molecule is COC(=O)CNc1c(-c2ccc(SC)cc2)nc2cc(C(=O)NCc3cccc(CN)c3)ccn12. The Hall–Kier alpha value is -3.82. The molecule has 4 aromatic rings. The Morgan fingerprint density at radius 1 is 1.09 bits per heavy atom. The van der Waals surface area contributed by atoms with E-state index < -0.39 is 5.97 Å². The van der Waals surface area contributed by atoms with Crippen molar-refractivity contribution in [1.29, 1.82) is 0 Å². The van der Waals surface area contributed by atoms with Crippen molar-refractivity contribution in [3.8, 4) is 11.3 Å². The number of amides is 1. The van der Waals surface area contributed by atoms with Crippen molar-refractivity contribution in [2.75, 3.05) is 25.2 Å². The molecule has 180 valence electrons. The maximum absolute atomic E-state index is 12.9. The van der Waals surface area contributed by atoms with Gasteiger partial charge < -0.3 is 21.1 Å². The number of thioether (sulfide) groups is 1. The van der Waals surface area contributed by atoms with Gasteiger partial charge in [-0.05, 0) is 41.6 Å². The largest absolute Gasteiger partial charge is 0.468 e. The lowest BCUT2D eigenvalue weighted by Gasteiger charge is -2.09. The highest BCUT2D eigenvalue weighted by Gasteiger charge is 2.17. The highest BCUT2D eigenvalue weighted by atomic mass is 32.2. The lowest BCUT2D eigenvalue weighted by atomic mass is 10.1. The van der Waals surface area contributed by atoms with Gasteiger partial charge in [0.15, 0.2) is 0 Å². The van der Waals surface area contributed by atoms with Crippen molar-refractivity contribution >= 4 is 35.1 Å². The highest BCUT2D eigenvalue weighted by Crippen LogP contribution is 2.30. The number of carbonyl (C=O) groups excluding carboxylic acids is 2. The van der Waals surface area contributed by atoms with Gasteiger partial charge in [-0.1, -0.05) is 36.4 Å². The number of esters is 1. The topological polar surface area (TPSA) is 111 Å². The zero-order chi connectivity index (χ0) is 24.8. The van der Waals surface area contributed by atoms with E-state index in [9.17, 15) is 9.59 Å². The molecule has 0 radical (unpaired) electrons. The Bertz CT molecular complexity index is 1350. The molecule has 9 heteroatoms. The summed E-state index contributed by atoms with van der Waals surface area (Å²) in [5.41, 5.74) is 10.3. The molecule has 0 atom stereocenters. The van der Waals surface area contributed by atoms with Crippen LogP contribution in [0.15, 0.2) is 71.8 Å². The van der Waals surface area contributed by atoms with Crippen LogP contribution in [0.5, 0.6) is 0 Å². The summed E-state index contributed by atoms with van der Waals surface area (Å²) in [6, 6.07) is 19.3. The van der Waals surface area contributed by atoms with Gasteiger partial charge in [0.25, 0.3) is 5.91 Å². The van der Waals surface area contributed by atoms with Gasteiger partial charge in [0.1, 0.15) is 23.7 Å². The second kappa shape index (κ2) is 11.1. The summed E-state index contributed by atoms with van der Waals surface area (Å²) in [4.78, 5) is 30.5. The standard InChI is InChI=1S/C26H27N5O3S/c1-34-23(32)16-28-25-24(19-6-8-21(35-2)9-7-19)30-22-13-20(10-11-31(22)25)26(33)29-15-18-5-3-4-17(12-18)14-27/h3-13,28H,14-16,27H2,1-2H3,(H,29,33). The second-order valence-corrected chi connectivity index (χ2v) is 8.70. The molecule has 0 bridgehead atoms. The Balaban J connectivity index is 1.62. The van der Waals surface area contributed by atoms with Crippen LogP contribution in [0.2, 0.25) is 0 Å².